The molecule has 0 aromatic carbocycles. The van der Waals surface area contributed by atoms with Crippen LogP contribution in [0.2, 0.25) is 0 Å². The van der Waals surface area contributed by atoms with Gasteiger partial charge in [-0.05, 0) is 0 Å². The third kappa shape index (κ3) is 12.1. The third-order valence-corrected chi connectivity index (χ3v) is 1.46. The molecule has 1 heteroatoms. The summed E-state index contributed by atoms with van der Waals surface area (Å²) in [5, 5.41) is 0. The molecular weight excluding hydrogens is 211 g/mol. The summed E-state index contributed by atoms with van der Waals surface area (Å²) in [7, 11) is 0. The van der Waals surface area contributed by atoms with Crippen LogP contribution in [0.5, 0.6) is 0 Å². The van der Waals surface area contributed by atoms with Crippen LogP contribution in [0.3, 0.4) is 0 Å². The molecule has 0 rings (SSSR count). The van der Waals surface area contributed by atoms with E-state index >= 15 is 0 Å². The van der Waals surface area contributed by atoms with E-state index in [2.05, 4.69) is 13.8 Å². The van der Waals surface area contributed by atoms with Gasteiger partial charge in [0.2, 0.25) is 0 Å². The van der Waals surface area contributed by atoms with Crippen LogP contribution in [0.15, 0.2) is 0 Å². The Bertz CT molecular complexity index is 29.5. The Morgan fingerprint density at radius 2 is 1.00 bits per heavy atom. The number of unbranched alkanes of at least 4 members (excludes halogenated alkanes) is 5. The molecule has 0 atom stereocenters. The second-order valence-corrected chi connectivity index (χ2v) is 2.41. The van der Waals surface area contributed by atoms with Gasteiger partial charge >= 0.3 is 25.8 Å². The molecule has 0 fully saturated rings. The Morgan fingerprint density at radius 3 is 1.22 bits per heavy atom. The van der Waals surface area contributed by atoms with E-state index in [4.69, 9.17) is 0 Å². The van der Waals surface area contributed by atoms with Crippen LogP contribution >= 0.6 is 0 Å². The molecule has 56 valence electrons. The molecule has 0 aliphatic rings. The normalized spacial score (nSPS) is 8.67. The van der Waals surface area contributed by atoms with E-state index in [1.165, 1.54) is 38.5 Å². The zero-order valence-electron chi connectivity index (χ0n) is 6.24. The van der Waals surface area contributed by atoms with Crippen LogP contribution in [0.25, 0.3) is 0 Å². The van der Waals surface area contributed by atoms with Crippen molar-refractivity contribution in [3.05, 3.63) is 0 Å². The molecule has 0 aliphatic heterocycles. The zero-order valence-corrected chi connectivity index (χ0v) is 6.24. The average Bonchev–Trinajstić information content (AvgIpc) is 1.81. The fourth-order valence-corrected chi connectivity index (χ4v) is 0.854. The molecule has 0 radical (unpaired) electrons. The van der Waals surface area contributed by atoms with E-state index in [0.29, 0.717) is 0 Å². The molecular formula is C8H21In. The van der Waals surface area contributed by atoms with Gasteiger partial charge in [-0.25, -0.2) is 0 Å². The molecule has 0 saturated carbocycles. The van der Waals surface area contributed by atoms with Crippen molar-refractivity contribution in [3.8, 4) is 0 Å². The van der Waals surface area contributed by atoms with Gasteiger partial charge < -0.3 is 0 Å². The first kappa shape index (κ1) is 12.5. The average molecular weight is 232 g/mol. The van der Waals surface area contributed by atoms with Gasteiger partial charge in [-0.1, -0.05) is 52.4 Å². The first-order valence-electron chi connectivity index (χ1n) is 3.91. The van der Waals surface area contributed by atoms with E-state index in [9.17, 15) is 0 Å². The van der Waals surface area contributed by atoms with Crippen LogP contribution in [0.4, 0.5) is 0 Å². The number of rotatable bonds is 5. The molecule has 0 spiro atoms. The standard InChI is InChI=1S/C8H18.In.3H/c1-3-5-7-8-6-4-2;;;;/h3-8H2,1-2H3;;;;. The van der Waals surface area contributed by atoms with Crippen LogP contribution in [-0.2, 0) is 0 Å². The summed E-state index contributed by atoms with van der Waals surface area (Å²) in [5.74, 6) is 0. The molecule has 0 saturated heterocycles. The Kier molecular flexibility index (Phi) is 16.2. The van der Waals surface area contributed by atoms with E-state index in [-0.39, 0.29) is 25.8 Å². The molecule has 0 bridgehead atoms. The van der Waals surface area contributed by atoms with Crippen LogP contribution in [0, 0.1) is 0 Å². The monoisotopic (exact) mass is 232 g/mol. The van der Waals surface area contributed by atoms with Gasteiger partial charge in [0.05, 0.1) is 0 Å². The minimum atomic E-state index is 0. The Hall–Kier alpha value is 0.870. The van der Waals surface area contributed by atoms with E-state index in [0.717, 1.165) is 0 Å². The molecule has 0 aliphatic carbocycles. The third-order valence-electron chi connectivity index (χ3n) is 1.46. The first-order chi connectivity index (χ1) is 3.91. The van der Waals surface area contributed by atoms with E-state index in [1.807, 2.05) is 0 Å². The van der Waals surface area contributed by atoms with Gasteiger partial charge in [0, 0.05) is 0 Å². The van der Waals surface area contributed by atoms with Crippen molar-refractivity contribution in [2.45, 2.75) is 52.4 Å². The first-order valence-corrected chi connectivity index (χ1v) is 3.91. The van der Waals surface area contributed by atoms with Crippen LogP contribution in [-0.4, -0.2) is 25.8 Å². The van der Waals surface area contributed by atoms with Crippen molar-refractivity contribution in [2.24, 2.45) is 0 Å². The SMILES string of the molecule is CCCCCCCC.[InH3]. The summed E-state index contributed by atoms with van der Waals surface area (Å²) in [6.07, 6.45) is 8.49. The summed E-state index contributed by atoms with van der Waals surface area (Å²) in [6.45, 7) is 4.51. The predicted molar refractivity (Wildman–Crippen MR) is 49.0 cm³/mol. The van der Waals surface area contributed by atoms with Crippen molar-refractivity contribution in [1.82, 2.24) is 0 Å². The van der Waals surface area contributed by atoms with Gasteiger partial charge in [-0.3, -0.25) is 0 Å². The fourth-order valence-electron chi connectivity index (χ4n) is 0.854. The van der Waals surface area contributed by atoms with Gasteiger partial charge in [-0.15, -0.1) is 0 Å². The maximum absolute atomic E-state index is 2.26. The van der Waals surface area contributed by atoms with E-state index < -0.39 is 0 Å². The molecule has 0 aromatic rings. The van der Waals surface area contributed by atoms with Crippen LogP contribution in [0.1, 0.15) is 52.4 Å². The Labute approximate surface area is 78.2 Å². The molecule has 0 N–H and O–H groups in total. The van der Waals surface area contributed by atoms with Gasteiger partial charge in [-0.2, -0.15) is 0 Å². The van der Waals surface area contributed by atoms with Gasteiger partial charge in [0.1, 0.15) is 0 Å². The fraction of sp³-hybridized carbons (Fsp3) is 1.00. The van der Waals surface area contributed by atoms with Crippen molar-refractivity contribution >= 4 is 25.8 Å². The second-order valence-electron chi connectivity index (χ2n) is 2.41. The molecule has 0 amide bonds. The van der Waals surface area contributed by atoms with Crippen molar-refractivity contribution in [2.75, 3.05) is 0 Å². The number of hydrogen-bond acceptors (Lipinski definition) is 0. The van der Waals surface area contributed by atoms with Gasteiger partial charge in [0.25, 0.3) is 0 Å². The number of hydrogen-bond donors (Lipinski definition) is 0. The summed E-state index contributed by atoms with van der Waals surface area (Å²) >= 11 is 0. The summed E-state index contributed by atoms with van der Waals surface area (Å²) in [6, 6.07) is 0. The van der Waals surface area contributed by atoms with Crippen molar-refractivity contribution < 1.29 is 0 Å². The van der Waals surface area contributed by atoms with Gasteiger partial charge in [0.15, 0.2) is 0 Å². The molecule has 9 heavy (non-hydrogen) atoms. The topological polar surface area (TPSA) is 0 Å². The maximum atomic E-state index is 2.26. The van der Waals surface area contributed by atoms with Crippen molar-refractivity contribution in [1.29, 1.82) is 0 Å². The quantitative estimate of drug-likeness (QED) is 0.637. The summed E-state index contributed by atoms with van der Waals surface area (Å²) < 4.78 is 0. The molecule has 0 heterocycles. The van der Waals surface area contributed by atoms with E-state index in [1.54, 1.807) is 0 Å². The Morgan fingerprint density at radius 1 is 0.667 bits per heavy atom. The molecule has 0 nitrogen and oxygen atoms in total. The Balaban J connectivity index is 0. The second kappa shape index (κ2) is 11.6. The van der Waals surface area contributed by atoms with Crippen LogP contribution < -0.4 is 0 Å². The predicted octanol–water partition coefficient (Wildman–Crippen LogP) is 2.18. The molecule has 0 aromatic heterocycles. The van der Waals surface area contributed by atoms with Crippen molar-refractivity contribution in [3.63, 3.8) is 0 Å². The summed E-state index contributed by atoms with van der Waals surface area (Å²) in [5.41, 5.74) is 0. The zero-order chi connectivity index (χ0) is 6.24. The minimum absolute atomic E-state index is 0. The molecule has 0 unspecified atom stereocenters. The summed E-state index contributed by atoms with van der Waals surface area (Å²) in [4.78, 5) is 0.